The average molecular weight is 228 g/mol. The van der Waals surface area contributed by atoms with Crippen LogP contribution in [0.1, 0.15) is 30.5 Å². The Labute approximate surface area is 97.2 Å². The fourth-order valence-corrected chi connectivity index (χ4v) is 1.47. The van der Waals surface area contributed by atoms with Crippen LogP contribution in [0.25, 0.3) is 0 Å². The molecule has 2 nitrogen and oxygen atoms in total. The Morgan fingerprint density at radius 2 is 2.13 bits per heavy atom. The summed E-state index contributed by atoms with van der Waals surface area (Å²) in [5.74, 6) is 0.307. The summed E-state index contributed by atoms with van der Waals surface area (Å²) < 4.78 is 0. The van der Waals surface area contributed by atoms with Crippen molar-refractivity contribution in [3.63, 3.8) is 0 Å². The number of halogens is 1. The molecule has 15 heavy (non-hydrogen) atoms. The number of aromatic hydroxyl groups is 1. The highest BCUT2D eigenvalue weighted by molar-refractivity contribution is 5.85. The molecule has 3 heteroatoms. The van der Waals surface area contributed by atoms with Crippen LogP contribution in [0.2, 0.25) is 0 Å². The summed E-state index contributed by atoms with van der Waals surface area (Å²) in [6, 6.07) is 5.47. The number of para-hydroxylation sites is 1. The van der Waals surface area contributed by atoms with Crippen LogP contribution in [-0.4, -0.2) is 5.11 Å². The van der Waals surface area contributed by atoms with Crippen molar-refractivity contribution in [1.82, 2.24) is 0 Å². The summed E-state index contributed by atoms with van der Waals surface area (Å²) in [6.45, 7) is 7.62. The average Bonchev–Trinajstić information content (AvgIpc) is 2.08. The molecule has 0 fully saturated rings. The summed E-state index contributed by atoms with van der Waals surface area (Å²) in [6.07, 6.45) is 0.705. The molecule has 0 aliphatic carbocycles. The number of nitrogens with two attached hydrogens (primary N) is 1. The predicted molar refractivity (Wildman–Crippen MR) is 66.5 cm³/mol. The molecule has 0 spiro atoms. The fraction of sp³-hybridized carbons (Fsp3) is 0.333. The van der Waals surface area contributed by atoms with E-state index in [2.05, 4.69) is 6.58 Å². The minimum Gasteiger partial charge on any atom is -0.507 e. The largest absolute Gasteiger partial charge is 0.507 e. The van der Waals surface area contributed by atoms with E-state index in [-0.39, 0.29) is 18.4 Å². The van der Waals surface area contributed by atoms with Gasteiger partial charge in [-0.25, -0.2) is 0 Å². The Hall–Kier alpha value is -0.990. The highest BCUT2D eigenvalue weighted by Gasteiger charge is 2.11. The summed E-state index contributed by atoms with van der Waals surface area (Å²) in [5, 5.41) is 9.77. The van der Waals surface area contributed by atoms with E-state index >= 15 is 0 Å². The molecule has 0 saturated heterocycles. The Balaban J connectivity index is 0.00000196. The van der Waals surface area contributed by atoms with E-state index in [4.69, 9.17) is 5.73 Å². The lowest BCUT2D eigenvalue weighted by molar-refractivity contribution is 0.457. The molecule has 0 amide bonds. The number of aryl methyl sites for hydroxylation is 1. The maximum atomic E-state index is 9.77. The smallest absolute Gasteiger partial charge is 0.123 e. The van der Waals surface area contributed by atoms with E-state index in [0.717, 1.165) is 16.7 Å². The SMILES string of the molecule is C=C(C)C[C@@H](N)c1cccc(C)c1O.Cl. The second kappa shape index (κ2) is 5.79. The molecular weight excluding hydrogens is 210 g/mol. The zero-order chi connectivity index (χ0) is 10.7. The number of phenols is 1. The molecule has 0 heterocycles. The van der Waals surface area contributed by atoms with Gasteiger partial charge in [0.25, 0.3) is 0 Å². The third-order valence-electron chi connectivity index (χ3n) is 2.24. The number of hydrogen-bond donors (Lipinski definition) is 2. The van der Waals surface area contributed by atoms with Gasteiger partial charge in [0.15, 0.2) is 0 Å². The van der Waals surface area contributed by atoms with Crippen LogP contribution in [0.3, 0.4) is 0 Å². The van der Waals surface area contributed by atoms with Crippen molar-refractivity contribution in [2.75, 3.05) is 0 Å². The molecule has 0 aromatic heterocycles. The maximum absolute atomic E-state index is 9.77. The van der Waals surface area contributed by atoms with Gasteiger partial charge in [-0.2, -0.15) is 0 Å². The second-order valence-corrected chi connectivity index (χ2v) is 3.78. The first-order chi connectivity index (χ1) is 6.52. The molecule has 1 rings (SSSR count). The van der Waals surface area contributed by atoms with Crippen LogP contribution < -0.4 is 5.73 Å². The van der Waals surface area contributed by atoms with Crippen molar-refractivity contribution in [3.05, 3.63) is 41.5 Å². The molecule has 1 aromatic rings. The zero-order valence-corrected chi connectivity index (χ0v) is 9.97. The predicted octanol–water partition coefficient (Wildman–Crippen LogP) is 3.09. The first-order valence-corrected chi connectivity index (χ1v) is 4.70. The first-order valence-electron chi connectivity index (χ1n) is 4.70. The Morgan fingerprint density at radius 1 is 1.53 bits per heavy atom. The van der Waals surface area contributed by atoms with Gasteiger partial charge in [-0.15, -0.1) is 19.0 Å². The highest BCUT2D eigenvalue weighted by Crippen LogP contribution is 2.28. The van der Waals surface area contributed by atoms with Crippen LogP contribution in [-0.2, 0) is 0 Å². The molecule has 84 valence electrons. The molecule has 1 aromatic carbocycles. The van der Waals surface area contributed by atoms with Crippen molar-refractivity contribution < 1.29 is 5.11 Å². The lowest BCUT2D eigenvalue weighted by Crippen LogP contribution is -2.10. The van der Waals surface area contributed by atoms with Crippen LogP contribution >= 0.6 is 12.4 Å². The van der Waals surface area contributed by atoms with Crippen molar-refractivity contribution in [2.24, 2.45) is 5.73 Å². The Bertz CT molecular complexity index is 349. The first kappa shape index (κ1) is 14.0. The summed E-state index contributed by atoms with van der Waals surface area (Å²) in [7, 11) is 0. The van der Waals surface area contributed by atoms with Gasteiger partial charge in [-0.3, -0.25) is 0 Å². The van der Waals surface area contributed by atoms with Gasteiger partial charge >= 0.3 is 0 Å². The standard InChI is InChI=1S/C12H17NO.ClH/c1-8(2)7-11(13)10-6-4-5-9(3)12(10)14;/h4-6,11,14H,1,7,13H2,2-3H3;1H/t11-;/m1./s1. The molecule has 0 aliphatic heterocycles. The molecule has 0 bridgehead atoms. The number of hydrogen-bond acceptors (Lipinski definition) is 2. The third kappa shape index (κ3) is 3.57. The van der Waals surface area contributed by atoms with Crippen molar-refractivity contribution in [2.45, 2.75) is 26.3 Å². The van der Waals surface area contributed by atoms with Crippen LogP contribution in [0.5, 0.6) is 5.75 Å². The van der Waals surface area contributed by atoms with E-state index in [9.17, 15) is 5.11 Å². The summed E-state index contributed by atoms with van der Waals surface area (Å²) in [4.78, 5) is 0. The molecule has 1 atom stereocenters. The van der Waals surface area contributed by atoms with Crippen molar-refractivity contribution in [3.8, 4) is 5.75 Å². The number of benzene rings is 1. The lowest BCUT2D eigenvalue weighted by Gasteiger charge is -2.14. The molecule has 0 saturated carbocycles. The molecular formula is C12H18ClNO. The summed E-state index contributed by atoms with van der Waals surface area (Å²) >= 11 is 0. The number of rotatable bonds is 3. The van der Waals surface area contributed by atoms with Crippen LogP contribution in [0.4, 0.5) is 0 Å². The monoisotopic (exact) mass is 227 g/mol. The summed E-state index contributed by atoms with van der Waals surface area (Å²) in [5.41, 5.74) is 8.63. The van der Waals surface area contributed by atoms with Crippen LogP contribution in [0.15, 0.2) is 30.4 Å². The zero-order valence-electron chi connectivity index (χ0n) is 9.16. The van der Waals surface area contributed by atoms with Gasteiger partial charge in [0, 0.05) is 11.6 Å². The van der Waals surface area contributed by atoms with E-state index in [1.54, 1.807) is 0 Å². The van der Waals surface area contributed by atoms with Gasteiger partial charge in [-0.1, -0.05) is 23.8 Å². The minimum atomic E-state index is -0.160. The van der Waals surface area contributed by atoms with E-state index in [1.165, 1.54) is 0 Å². The highest BCUT2D eigenvalue weighted by atomic mass is 35.5. The normalized spacial score (nSPS) is 11.7. The van der Waals surface area contributed by atoms with Crippen molar-refractivity contribution in [1.29, 1.82) is 0 Å². The van der Waals surface area contributed by atoms with Crippen molar-refractivity contribution >= 4 is 12.4 Å². The van der Waals surface area contributed by atoms with Gasteiger partial charge in [0.05, 0.1) is 0 Å². The van der Waals surface area contributed by atoms with Gasteiger partial charge in [0.1, 0.15) is 5.75 Å². The third-order valence-corrected chi connectivity index (χ3v) is 2.24. The fourth-order valence-electron chi connectivity index (χ4n) is 1.47. The lowest BCUT2D eigenvalue weighted by atomic mass is 9.98. The van der Waals surface area contributed by atoms with Gasteiger partial charge in [0.2, 0.25) is 0 Å². The number of phenolic OH excluding ortho intramolecular Hbond substituents is 1. The van der Waals surface area contributed by atoms with Gasteiger partial charge in [-0.05, 0) is 25.8 Å². The van der Waals surface area contributed by atoms with Crippen LogP contribution in [0, 0.1) is 6.92 Å². The molecule has 0 unspecified atom stereocenters. The quantitative estimate of drug-likeness (QED) is 0.780. The van der Waals surface area contributed by atoms with Gasteiger partial charge < -0.3 is 10.8 Å². The Kier molecular flexibility index (Phi) is 5.40. The molecule has 3 N–H and O–H groups in total. The molecule has 0 radical (unpaired) electrons. The minimum absolute atomic E-state index is 0. The molecule has 0 aliphatic rings. The second-order valence-electron chi connectivity index (χ2n) is 3.78. The maximum Gasteiger partial charge on any atom is 0.123 e. The topological polar surface area (TPSA) is 46.2 Å². The Morgan fingerprint density at radius 3 is 2.67 bits per heavy atom. The van der Waals surface area contributed by atoms with E-state index in [0.29, 0.717) is 12.2 Å². The van der Waals surface area contributed by atoms with E-state index < -0.39 is 0 Å². The van der Waals surface area contributed by atoms with E-state index in [1.807, 2.05) is 32.0 Å².